The lowest BCUT2D eigenvalue weighted by atomic mass is 10.1. The van der Waals surface area contributed by atoms with Gasteiger partial charge in [-0.3, -0.25) is 4.79 Å². The van der Waals surface area contributed by atoms with Gasteiger partial charge in [-0.2, -0.15) is 5.10 Å². The molecule has 0 unspecified atom stereocenters. The molecule has 3 aromatic carbocycles. The zero-order valence-electron chi connectivity index (χ0n) is 15.2. The Hall–Kier alpha value is -3.18. The van der Waals surface area contributed by atoms with E-state index in [2.05, 4.69) is 10.5 Å². The third-order valence-electron chi connectivity index (χ3n) is 3.98. The molecule has 0 saturated carbocycles. The number of carbonyl (C=O) groups excluding carboxylic acids is 1. The van der Waals surface area contributed by atoms with Crippen molar-refractivity contribution in [3.8, 4) is 5.75 Å². The molecule has 1 N–H and O–H groups in total. The van der Waals surface area contributed by atoms with Crippen molar-refractivity contribution in [1.29, 1.82) is 0 Å². The van der Waals surface area contributed by atoms with E-state index in [1.807, 2.05) is 13.0 Å². The second-order valence-corrected chi connectivity index (χ2v) is 6.54. The molecule has 0 aliphatic rings. The molecule has 3 rings (SSSR count). The lowest BCUT2D eigenvalue weighted by Gasteiger charge is -2.07. The van der Waals surface area contributed by atoms with Crippen LogP contribution in [0.25, 0.3) is 0 Å². The van der Waals surface area contributed by atoms with Gasteiger partial charge < -0.3 is 4.74 Å². The van der Waals surface area contributed by atoms with Crippen molar-refractivity contribution in [3.63, 3.8) is 0 Å². The molecule has 142 valence electrons. The van der Waals surface area contributed by atoms with E-state index < -0.39 is 0 Å². The first-order chi connectivity index (χ1) is 13.5. The fraction of sp³-hybridized carbons (Fsp3) is 0.0909. The highest BCUT2D eigenvalue weighted by Crippen LogP contribution is 2.17. The first-order valence-electron chi connectivity index (χ1n) is 8.59. The second kappa shape index (κ2) is 9.15. The molecule has 0 spiro atoms. The van der Waals surface area contributed by atoms with Crippen molar-refractivity contribution in [3.05, 3.63) is 99.8 Å². The summed E-state index contributed by atoms with van der Waals surface area (Å²) >= 11 is 6.07. The normalized spacial score (nSPS) is 10.8. The number of aryl methyl sites for hydroxylation is 1. The zero-order valence-corrected chi connectivity index (χ0v) is 15.9. The Labute approximate surface area is 167 Å². The topological polar surface area (TPSA) is 50.7 Å². The van der Waals surface area contributed by atoms with Crippen molar-refractivity contribution < 1.29 is 13.9 Å². The van der Waals surface area contributed by atoms with Crippen molar-refractivity contribution in [2.75, 3.05) is 0 Å². The fourth-order valence-electron chi connectivity index (χ4n) is 2.46. The smallest absolute Gasteiger partial charge is 0.272 e. The number of carbonyl (C=O) groups is 1. The van der Waals surface area contributed by atoms with Crippen molar-refractivity contribution in [1.82, 2.24) is 5.43 Å². The number of benzene rings is 3. The first-order valence-corrected chi connectivity index (χ1v) is 8.96. The maximum atomic E-state index is 13.6. The van der Waals surface area contributed by atoms with Gasteiger partial charge in [-0.1, -0.05) is 35.9 Å². The Kier molecular flexibility index (Phi) is 6.40. The molecule has 6 heteroatoms. The Morgan fingerprint density at radius 3 is 2.61 bits per heavy atom. The molecule has 0 bridgehead atoms. The molecular weight excluding hydrogens is 379 g/mol. The molecule has 0 heterocycles. The largest absolute Gasteiger partial charge is 0.489 e. The quantitative estimate of drug-likeness (QED) is 0.464. The number of rotatable bonds is 6. The lowest BCUT2D eigenvalue weighted by Crippen LogP contribution is -2.18. The highest BCUT2D eigenvalue weighted by Gasteiger charge is 2.09. The summed E-state index contributed by atoms with van der Waals surface area (Å²) < 4.78 is 19.2. The Balaban J connectivity index is 1.55. The summed E-state index contributed by atoms with van der Waals surface area (Å²) in [6.07, 6.45) is 1.51. The fourth-order valence-corrected chi connectivity index (χ4v) is 2.78. The van der Waals surface area contributed by atoms with Crippen LogP contribution in [0.15, 0.2) is 71.8 Å². The van der Waals surface area contributed by atoms with Gasteiger partial charge in [0.05, 0.1) is 16.8 Å². The zero-order chi connectivity index (χ0) is 19.9. The van der Waals surface area contributed by atoms with E-state index in [0.29, 0.717) is 21.9 Å². The molecule has 0 aromatic heterocycles. The number of hydrogen-bond acceptors (Lipinski definition) is 3. The van der Waals surface area contributed by atoms with E-state index in [1.165, 1.54) is 12.3 Å². The van der Waals surface area contributed by atoms with Crippen LogP contribution in [0.4, 0.5) is 4.39 Å². The SMILES string of the molecule is Cc1ccc(C(=O)N/N=C\c2ccc(OCc3ccccc3F)cc2)c(Cl)c1. The molecule has 0 radical (unpaired) electrons. The number of hydrogen-bond donors (Lipinski definition) is 1. The summed E-state index contributed by atoms with van der Waals surface area (Å²) in [6, 6.07) is 18.7. The number of hydrazone groups is 1. The van der Waals surface area contributed by atoms with Gasteiger partial charge in [-0.05, 0) is 60.5 Å². The first kappa shape index (κ1) is 19.6. The van der Waals surface area contributed by atoms with E-state index in [0.717, 1.165) is 11.1 Å². The van der Waals surface area contributed by atoms with Gasteiger partial charge in [0.1, 0.15) is 18.2 Å². The predicted molar refractivity (Wildman–Crippen MR) is 108 cm³/mol. The van der Waals surface area contributed by atoms with Crippen molar-refractivity contribution >= 4 is 23.7 Å². The molecule has 0 saturated heterocycles. The Bertz CT molecular complexity index is 1000. The lowest BCUT2D eigenvalue weighted by molar-refractivity contribution is 0.0955. The summed E-state index contributed by atoms with van der Waals surface area (Å²) in [5.74, 6) is -0.0716. The third-order valence-corrected chi connectivity index (χ3v) is 4.29. The molecule has 0 aliphatic carbocycles. The minimum atomic E-state index is -0.383. The van der Waals surface area contributed by atoms with Gasteiger partial charge in [0.15, 0.2) is 0 Å². The van der Waals surface area contributed by atoms with Crippen LogP contribution < -0.4 is 10.2 Å². The molecule has 3 aromatic rings. The predicted octanol–water partition coefficient (Wildman–Crippen LogP) is 5.13. The summed E-state index contributed by atoms with van der Waals surface area (Å²) in [6.45, 7) is 2.04. The van der Waals surface area contributed by atoms with E-state index in [9.17, 15) is 9.18 Å². The molecule has 1 amide bonds. The molecule has 0 aliphatic heterocycles. The van der Waals surface area contributed by atoms with Crippen LogP contribution in [0.3, 0.4) is 0 Å². The van der Waals surface area contributed by atoms with Crippen LogP contribution in [0.1, 0.15) is 27.0 Å². The van der Waals surface area contributed by atoms with Crippen LogP contribution in [-0.4, -0.2) is 12.1 Å². The van der Waals surface area contributed by atoms with Crippen LogP contribution >= 0.6 is 11.6 Å². The van der Waals surface area contributed by atoms with Gasteiger partial charge in [-0.15, -0.1) is 0 Å². The summed E-state index contributed by atoms with van der Waals surface area (Å²) in [5.41, 5.74) is 5.05. The average Bonchev–Trinajstić information content (AvgIpc) is 2.68. The molecule has 0 atom stereocenters. The van der Waals surface area contributed by atoms with Gasteiger partial charge in [0.2, 0.25) is 0 Å². The van der Waals surface area contributed by atoms with Gasteiger partial charge in [0, 0.05) is 5.56 Å². The summed E-state index contributed by atoms with van der Waals surface area (Å²) in [4.78, 5) is 12.1. The van der Waals surface area contributed by atoms with Crippen LogP contribution in [0.5, 0.6) is 5.75 Å². The highest BCUT2D eigenvalue weighted by molar-refractivity contribution is 6.33. The number of halogens is 2. The minimum absolute atomic E-state index is 0.146. The number of nitrogens with one attached hydrogen (secondary N) is 1. The number of nitrogens with zero attached hydrogens (tertiary/aromatic N) is 1. The van der Waals surface area contributed by atoms with Crippen LogP contribution in [-0.2, 0) is 6.61 Å². The van der Waals surface area contributed by atoms with Crippen LogP contribution in [0, 0.1) is 12.7 Å². The Morgan fingerprint density at radius 2 is 1.89 bits per heavy atom. The number of amides is 1. The molecule has 0 fully saturated rings. The van der Waals surface area contributed by atoms with Crippen LogP contribution in [0.2, 0.25) is 5.02 Å². The number of ether oxygens (including phenoxy) is 1. The Morgan fingerprint density at radius 1 is 1.14 bits per heavy atom. The van der Waals surface area contributed by atoms with Gasteiger partial charge in [0.25, 0.3) is 5.91 Å². The van der Waals surface area contributed by atoms with E-state index in [1.54, 1.807) is 54.6 Å². The highest BCUT2D eigenvalue weighted by atomic mass is 35.5. The standard InChI is InChI=1S/C22H18ClFN2O2/c1-15-6-11-19(20(23)12-15)22(27)26-25-13-16-7-9-18(10-8-16)28-14-17-4-2-3-5-21(17)24/h2-13H,14H2,1H3,(H,26,27)/b25-13-. The van der Waals surface area contributed by atoms with E-state index in [4.69, 9.17) is 16.3 Å². The maximum Gasteiger partial charge on any atom is 0.272 e. The van der Waals surface area contributed by atoms with E-state index in [-0.39, 0.29) is 18.3 Å². The van der Waals surface area contributed by atoms with E-state index >= 15 is 0 Å². The van der Waals surface area contributed by atoms with Crippen molar-refractivity contribution in [2.24, 2.45) is 5.10 Å². The third kappa shape index (κ3) is 5.18. The molecule has 4 nitrogen and oxygen atoms in total. The second-order valence-electron chi connectivity index (χ2n) is 6.13. The maximum absolute atomic E-state index is 13.6. The van der Waals surface area contributed by atoms with Gasteiger partial charge in [-0.25, -0.2) is 9.82 Å². The van der Waals surface area contributed by atoms with Crippen molar-refractivity contribution in [2.45, 2.75) is 13.5 Å². The molecular formula is C22H18ClFN2O2. The monoisotopic (exact) mass is 396 g/mol. The van der Waals surface area contributed by atoms with Gasteiger partial charge >= 0.3 is 0 Å². The molecule has 28 heavy (non-hydrogen) atoms. The minimum Gasteiger partial charge on any atom is -0.489 e. The summed E-state index contributed by atoms with van der Waals surface area (Å²) in [7, 11) is 0. The summed E-state index contributed by atoms with van der Waals surface area (Å²) in [5, 5.41) is 4.32. The average molecular weight is 397 g/mol.